The number of fused-ring (bicyclic) bond motifs is 1. The van der Waals surface area contributed by atoms with Crippen LogP contribution in [0.5, 0.6) is 0 Å². The Hall–Kier alpha value is -0.940. The van der Waals surface area contributed by atoms with Crippen molar-refractivity contribution in [1.82, 2.24) is 0 Å². The van der Waals surface area contributed by atoms with Gasteiger partial charge in [0.05, 0.1) is 30.3 Å². The Morgan fingerprint density at radius 2 is 2.14 bits per heavy atom. The maximum atomic E-state index is 11.8. The van der Waals surface area contributed by atoms with Gasteiger partial charge >= 0.3 is 5.97 Å². The molecule has 0 amide bonds. The Kier molecular flexibility index (Phi) is 3.82. The van der Waals surface area contributed by atoms with Gasteiger partial charge in [0.1, 0.15) is 12.4 Å². The molecule has 1 aliphatic carbocycles. The zero-order chi connectivity index (χ0) is 15.2. The van der Waals surface area contributed by atoms with Crippen LogP contribution in [0.15, 0.2) is 0 Å². The molecule has 3 fully saturated rings. The van der Waals surface area contributed by atoms with Gasteiger partial charge in [-0.3, -0.25) is 9.59 Å². The highest BCUT2D eigenvalue weighted by molar-refractivity contribution is 5.85. The molecular formula is C16H24O5. The minimum absolute atomic E-state index is 0.00409. The molecule has 2 saturated heterocycles. The zero-order valence-electron chi connectivity index (χ0n) is 13.0. The SMILES string of the molecule is CCC(C)(C)C(=O)OCCOC1C2CC3C(=O)CC1C3O2. The Morgan fingerprint density at radius 3 is 2.86 bits per heavy atom. The van der Waals surface area contributed by atoms with Gasteiger partial charge < -0.3 is 14.2 Å². The standard InChI is InChI=1S/C16H24O5/c1-4-16(2,3)15(18)20-6-5-19-14-10-7-11(17)9-8-12(14)21-13(9)10/h9-10,12-14H,4-8H2,1-3H3. The van der Waals surface area contributed by atoms with E-state index < -0.39 is 5.41 Å². The van der Waals surface area contributed by atoms with Gasteiger partial charge in [-0.25, -0.2) is 0 Å². The van der Waals surface area contributed by atoms with E-state index in [1.54, 1.807) is 0 Å². The molecule has 2 aliphatic heterocycles. The molecule has 5 heteroatoms. The lowest BCUT2D eigenvalue weighted by Crippen LogP contribution is -2.35. The molecule has 0 aromatic heterocycles. The van der Waals surface area contributed by atoms with Crippen LogP contribution >= 0.6 is 0 Å². The largest absolute Gasteiger partial charge is 0.463 e. The maximum Gasteiger partial charge on any atom is 0.311 e. The molecule has 0 N–H and O–H groups in total. The van der Waals surface area contributed by atoms with E-state index in [2.05, 4.69) is 0 Å². The number of hydrogen-bond donors (Lipinski definition) is 0. The van der Waals surface area contributed by atoms with Crippen LogP contribution in [0.1, 0.15) is 40.0 Å². The summed E-state index contributed by atoms with van der Waals surface area (Å²) in [7, 11) is 0. The Balaban J connectivity index is 1.43. The fourth-order valence-corrected chi connectivity index (χ4v) is 3.63. The second-order valence-corrected chi connectivity index (χ2v) is 7.02. The monoisotopic (exact) mass is 296 g/mol. The molecule has 5 atom stereocenters. The maximum absolute atomic E-state index is 11.8. The second kappa shape index (κ2) is 5.36. The molecule has 0 radical (unpaired) electrons. The molecule has 0 aromatic carbocycles. The molecule has 3 aliphatic rings. The molecule has 1 saturated carbocycles. The van der Waals surface area contributed by atoms with E-state index in [0.29, 0.717) is 18.8 Å². The molecule has 21 heavy (non-hydrogen) atoms. The van der Waals surface area contributed by atoms with Crippen molar-refractivity contribution in [3.05, 3.63) is 0 Å². The van der Waals surface area contributed by atoms with Gasteiger partial charge in [-0.15, -0.1) is 0 Å². The molecule has 2 heterocycles. The summed E-state index contributed by atoms with van der Waals surface area (Å²) in [6.45, 7) is 6.37. The molecule has 5 nitrogen and oxygen atoms in total. The summed E-state index contributed by atoms with van der Waals surface area (Å²) in [6.07, 6.45) is 2.26. The number of hydrogen-bond acceptors (Lipinski definition) is 5. The third-order valence-electron chi connectivity index (χ3n) is 5.34. The quantitative estimate of drug-likeness (QED) is 0.552. The van der Waals surface area contributed by atoms with Gasteiger partial charge in [0.15, 0.2) is 0 Å². The molecule has 118 valence electrons. The summed E-state index contributed by atoms with van der Waals surface area (Å²) in [6, 6.07) is 0. The van der Waals surface area contributed by atoms with E-state index in [-0.39, 0.29) is 42.7 Å². The van der Waals surface area contributed by atoms with Crippen LogP contribution in [0.2, 0.25) is 0 Å². The van der Waals surface area contributed by atoms with E-state index in [1.165, 1.54) is 0 Å². The fraction of sp³-hybridized carbons (Fsp3) is 0.875. The van der Waals surface area contributed by atoms with Crippen molar-refractivity contribution in [3.8, 4) is 0 Å². The summed E-state index contributed by atoms with van der Waals surface area (Å²) < 4.78 is 17.0. The van der Waals surface area contributed by atoms with Gasteiger partial charge in [-0.1, -0.05) is 6.92 Å². The van der Waals surface area contributed by atoms with Crippen LogP contribution in [0.25, 0.3) is 0 Å². The molecule has 0 aromatic rings. The minimum Gasteiger partial charge on any atom is -0.463 e. The van der Waals surface area contributed by atoms with Crippen molar-refractivity contribution in [3.63, 3.8) is 0 Å². The first-order chi connectivity index (χ1) is 9.94. The van der Waals surface area contributed by atoms with Crippen molar-refractivity contribution in [2.75, 3.05) is 13.2 Å². The third-order valence-corrected chi connectivity index (χ3v) is 5.34. The number of Topliss-reactive ketones (excluding diaryl/α,β-unsaturated/α-hetero) is 1. The average Bonchev–Trinajstić information content (AvgIpc) is 3.06. The summed E-state index contributed by atoms with van der Waals surface area (Å²) in [5.74, 6) is 0.468. The van der Waals surface area contributed by atoms with Crippen LogP contribution < -0.4 is 0 Å². The van der Waals surface area contributed by atoms with Crippen LogP contribution in [0, 0.1) is 17.3 Å². The molecular weight excluding hydrogens is 272 g/mol. The highest BCUT2D eigenvalue weighted by Crippen LogP contribution is 2.51. The number of esters is 1. The topological polar surface area (TPSA) is 61.8 Å². The summed E-state index contributed by atoms with van der Waals surface area (Å²) in [5.41, 5.74) is -0.444. The lowest BCUT2D eigenvalue weighted by molar-refractivity contribution is -0.156. The molecule has 5 unspecified atom stereocenters. The number of rotatable bonds is 6. The second-order valence-electron chi connectivity index (χ2n) is 7.02. The average molecular weight is 296 g/mol. The van der Waals surface area contributed by atoms with Gasteiger partial charge in [-0.2, -0.15) is 0 Å². The summed E-state index contributed by atoms with van der Waals surface area (Å²) in [4.78, 5) is 23.6. The van der Waals surface area contributed by atoms with Crippen molar-refractivity contribution >= 4 is 11.8 Å². The van der Waals surface area contributed by atoms with E-state index in [1.807, 2.05) is 20.8 Å². The zero-order valence-corrected chi connectivity index (χ0v) is 13.0. The summed E-state index contributed by atoms with van der Waals surface area (Å²) >= 11 is 0. The Morgan fingerprint density at radius 1 is 1.38 bits per heavy atom. The first-order valence-corrected chi connectivity index (χ1v) is 7.91. The van der Waals surface area contributed by atoms with Gasteiger partial charge in [0.2, 0.25) is 0 Å². The number of carbonyl (C=O) groups is 2. The van der Waals surface area contributed by atoms with Crippen LogP contribution in [0.3, 0.4) is 0 Å². The van der Waals surface area contributed by atoms with Crippen molar-refractivity contribution in [2.24, 2.45) is 17.3 Å². The summed E-state index contributed by atoms with van der Waals surface area (Å²) in [5, 5.41) is 0. The minimum atomic E-state index is -0.444. The number of ether oxygens (including phenoxy) is 3. The van der Waals surface area contributed by atoms with Crippen LogP contribution in [-0.4, -0.2) is 43.3 Å². The van der Waals surface area contributed by atoms with Gasteiger partial charge in [0.25, 0.3) is 0 Å². The predicted molar refractivity (Wildman–Crippen MR) is 74.7 cm³/mol. The van der Waals surface area contributed by atoms with Crippen molar-refractivity contribution < 1.29 is 23.8 Å². The third kappa shape index (κ3) is 2.50. The highest BCUT2D eigenvalue weighted by atomic mass is 16.6. The molecule has 3 rings (SSSR count). The van der Waals surface area contributed by atoms with Gasteiger partial charge in [0, 0.05) is 18.3 Å². The lowest BCUT2D eigenvalue weighted by atomic mass is 9.86. The lowest BCUT2D eigenvalue weighted by Gasteiger charge is -2.25. The Bertz CT molecular complexity index is 444. The molecule has 0 spiro atoms. The predicted octanol–water partition coefficient (Wildman–Crippen LogP) is 1.73. The normalized spacial score (nSPS) is 37.3. The van der Waals surface area contributed by atoms with Crippen LogP contribution in [0.4, 0.5) is 0 Å². The van der Waals surface area contributed by atoms with E-state index in [4.69, 9.17) is 14.2 Å². The van der Waals surface area contributed by atoms with E-state index in [9.17, 15) is 9.59 Å². The van der Waals surface area contributed by atoms with E-state index in [0.717, 1.165) is 12.8 Å². The van der Waals surface area contributed by atoms with E-state index >= 15 is 0 Å². The van der Waals surface area contributed by atoms with Crippen molar-refractivity contribution in [2.45, 2.75) is 58.3 Å². The van der Waals surface area contributed by atoms with Crippen LogP contribution in [-0.2, 0) is 23.8 Å². The van der Waals surface area contributed by atoms with Gasteiger partial charge in [-0.05, 0) is 26.7 Å². The Labute approximate surface area is 125 Å². The molecule has 2 bridgehead atoms. The first-order valence-electron chi connectivity index (χ1n) is 7.91. The number of carbonyl (C=O) groups excluding carboxylic acids is 2. The first kappa shape index (κ1) is 15.0. The number of ketones is 1. The smallest absolute Gasteiger partial charge is 0.311 e. The van der Waals surface area contributed by atoms with Crippen molar-refractivity contribution in [1.29, 1.82) is 0 Å². The fourth-order valence-electron chi connectivity index (χ4n) is 3.63. The highest BCUT2D eigenvalue weighted by Gasteiger charge is 2.61.